The van der Waals surface area contributed by atoms with E-state index in [0.29, 0.717) is 17.5 Å². The van der Waals surface area contributed by atoms with Crippen molar-refractivity contribution in [2.45, 2.75) is 19.4 Å². The fourth-order valence-corrected chi connectivity index (χ4v) is 1.47. The summed E-state index contributed by atoms with van der Waals surface area (Å²) >= 11 is 3.36. The minimum Gasteiger partial charge on any atom is -0.477 e. The van der Waals surface area contributed by atoms with E-state index in [-0.39, 0.29) is 6.61 Å². The molecule has 0 aromatic carbocycles. The lowest BCUT2D eigenvalue weighted by molar-refractivity contribution is 0.264. The predicted octanol–water partition coefficient (Wildman–Crippen LogP) is 2.13. The van der Waals surface area contributed by atoms with Gasteiger partial charge in [-0.05, 0) is 46.8 Å². The molecule has 0 saturated heterocycles. The van der Waals surface area contributed by atoms with Crippen molar-refractivity contribution in [3.05, 3.63) is 22.3 Å². The Morgan fingerprint density at radius 2 is 2.29 bits per heavy atom. The number of hydrogen-bond donors (Lipinski definition) is 1. The van der Waals surface area contributed by atoms with Gasteiger partial charge in [0.15, 0.2) is 0 Å². The number of rotatable bonds is 4. The SMILES string of the molecule is OCc1ccc(Br)c(OCC2CC2)n1. The summed E-state index contributed by atoms with van der Waals surface area (Å²) in [5.41, 5.74) is 0.638. The molecule has 76 valence electrons. The number of halogens is 1. The number of nitrogens with zero attached hydrogens (tertiary/aromatic N) is 1. The molecule has 4 heteroatoms. The highest BCUT2D eigenvalue weighted by Crippen LogP contribution is 2.31. The van der Waals surface area contributed by atoms with E-state index in [9.17, 15) is 0 Å². The van der Waals surface area contributed by atoms with Gasteiger partial charge < -0.3 is 9.84 Å². The van der Waals surface area contributed by atoms with Crippen LogP contribution in [0.4, 0.5) is 0 Å². The zero-order valence-corrected chi connectivity index (χ0v) is 9.33. The van der Waals surface area contributed by atoms with Crippen molar-refractivity contribution < 1.29 is 9.84 Å². The van der Waals surface area contributed by atoms with Crippen molar-refractivity contribution in [3.8, 4) is 5.88 Å². The number of hydrogen-bond acceptors (Lipinski definition) is 3. The van der Waals surface area contributed by atoms with Gasteiger partial charge >= 0.3 is 0 Å². The van der Waals surface area contributed by atoms with Gasteiger partial charge in [-0.25, -0.2) is 4.98 Å². The maximum Gasteiger partial charge on any atom is 0.228 e. The predicted molar refractivity (Wildman–Crippen MR) is 56.1 cm³/mol. The number of ether oxygens (including phenoxy) is 1. The highest BCUT2D eigenvalue weighted by Gasteiger charge is 2.22. The molecule has 14 heavy (non-hydrogen) atoms. The van der Waals surface area contributed by atoms with Gasteiger partial charge in [-0.15, -0.1) is 0 Å². The second-order valence-corrected chi connectivity index (χ2v) is 4.36. The molecule has 1 aliphatic carbocycles. The molecule has 1 fully saturated rings. The molecule has 1 aromatic rings. The molecule has 2 rings (SSSR count). The van der Waals surface area contributed by atoms with E-state index in [1.54, 1.807) is 6.07 Å². The van der Waals surface area contributed by atoms with Gasteiger partial charge in [-0.3, -0.25) is 0 Å². The smallest absolute Gasteiger partial charge is 0.228 e. The average Bonchev–Trinajstić information content (AvgIpc) is 3.00. The Bertz CT molecular complexity index is 326. The van der Waals surface area contributed by atoms with Crippen molar-refractivity contribution in [3.63, 3.8) is 0 Å². The van der Waals surface area contributed by atoms with Crippen LogP contribution >= 0.6 is 15.9 Å². The van der Waals surface area contributed by atoms with E-state index in [1.165, 1.54) is 12.8 Å². The summed E-state index contributed by atoms with van der Waals surface area (Å²) in [5, 5.41) is 8.91. The van der Waals surface area contributed by atoms with Gasteiger partial charge in [0.1, 0.15) is 0 Å². The van der Waals surface area contributed by atoms with Gasteiger partial charge in [0.2, 0.25) is 5.88 Å². The third-order valence-corrected chi connectivity index (χ3v) is 2.79. The minimum absolute atomic E-state index is 0.0485. The molecule has 0 aliphatic heterocycles. The van der Waals surface area contributed by atoms with E-state index >= 15 is 0 Å². The van der Waals surface area contributed by atoms with E-state index < -0.39 is 0 Å². The van der Waals surface area contributed by atoms with Gasteiger partial charge in [-0.1, -0.05) is 0 Å². The summed E-state index contributed by atoms with van der Waals surface area (Å²) < 4.78 is 6.38. The largest absolute Gasteiger partial charge is 0.477 e. The van der Waals surface area contributed by atoms with Crippen LogP contribution in [0.3, 0.4) is 0 Å². The first-order valence-electron chi connectivity index (χ1n) is 4.68. The summed E-state index contributed by atoms with van der Waals surface area (Å²) in [6.07, 6.45) is 2.52. The molecule has 1 saturated carbocycles. The van der Waals surface area contributed by atoms with Crippen LogP contribution in [-0.4, -0.2) is 16.7 Å². The number of aliphatic hydroxyl groups excluding tert-OH is 1. The Morgan fingerprint density at radius 1 is 1.50 bits per heavy atom. The summed E-state index contributed by atoms with van der Waals surface area (Å²) in [5.74, 6) is 1.30. The number of pyridine rings is 1. The molecule has 3 nitrogen and oxygen atoms in total. The molecule has 0 radical (unpaired) electrons. The van der Waals surface area contributed by atoms with Gasteiger partial charge in [0.25, 0.3) is 0 Å². The summed E-state index contributed by atoms with van der Waals surface area (Å²) in [4.78, 5) is 4.17. The van der Waals surface area contributed by atoms with Crippen LogP contribution in [0.25, 0.3) is 0 Å². The van der Waals surface area contributed by atoms with E-state index in [1.807, 2.05) is 6.07 Å². The molecule has 0 atom stereocenters. The topological polar surface area (TPSA) is 42.4 Å². The molecule has 0 amide bonds. The second-order valence-electron chi connectivity index (χ2n) is 3.50. The lowest BCUT2D eigenvalue weighted by atomic mass is 10.3. The second kappa shape index (κ2) is 4.28. The first-order chi connectivity index (χ1) is 6.79. The first kappa shape index (κ1) is 9.93. The minimum atomic E-state index is -0.0485. The molecule has 0 spiro atoms. The Balaban J connectivity index is 2.04. The summed E-state index contributed by atoms with van der Waals surface area (Å²) in [6.45, 7) is 0.688. The summed E-state index contributed by atoms with van der Waals surface area (Å²) in [7, 11) is 0. The lowest BCUT2D eigenvalue weighted by Gasteiger charge is -2.07. The molecule has 1 aliphatic rings. The molecule has 1 aromatic heterocycles. The fourth-order valence-electron chi connectivity index (χ4n) is 1.13. The van der Waals surface area contributed by atoms with Crippen LogP contribution in [0.2, 0.25) is 0 Å². The third-order valence-electron chi connectivity index (χ3n) is 2.19. The van der Waals surface area contributed by atoms with Crippen molar-refractivity contribution in [2.75, 3.05) is 6.61 Å². The van der Waals surface area contributed by atoms with Crippen LogP contribution in [-0.2, 0) is 6.61 Å². The van der Waals surface area contributed by atoms with Gasteiger partial charge in [0, 0.05) is 0 Å². The molecule has 0 bridgehead atoms. The van der Waals surface area contributed by atoms with E-state index in [2.05, 4.69) is 20.9 Å². The molecular formula is C10H12BrNO2. The zero-order valence-electron chi connectivity index (χ0n) is 7.74. The monoisotopic (exact) mass is 257 g/mol. The van der Waals surface area contributed by atoms with Gasteiger partial charge in [0.05, 0.1) is 23.4 Å². The quantitative estimate of drug-likeness (QED) is 0.899. The third kappa shape index (κ3) is 2.45. The fraction of sp³-hybridized carbons (Fsp3) is 0.500. The number of aliphatic hydroxyl groups is 1. The normalized spacial score (nSPS) is 15.6. The highest BCUT2D eigenvalue weighted by molar-refractivity contribution is 9.10. The maximum atomic E-state index is 8.91. The van der Waals surface area contributed by atoms with Crippen molar-refractivity contribution in [1.82, 2.24) is 4.98 Å². The van der Waals surface area contributed by atoms with Crippen LogP contribution in [0.15, 0.2) is 16.6 Å². The molecular weight excluding hydrogens is 246 g/mol. The zero-order chi connectivity index (χ0) is 9.97. The van der Waals surface area contributed by atoms with Crippen LogP contribution in [0.1, 0.15) is 18.5 Å². The summed E-state index contributed by atoms with van der Waals surface area (Å²) in [6, 6.07) is 3.62. The van der Waals surface area contributed by atoms with Crippen molar-refractivity contribution >= 4 is 15.9 Å². The molecule has 1 heterocycles. The van der Waals surface area contributed by atoms with Crippen molar-refractivity contribution in [2.24, 2.45) is 5.92 Å². The average molecular weight is 258 g/mol. The van der Waals surface area contributed by atoms with Crippen molar-refractivity contribution in [1.29, 1.82) is 0 Å². The first-order valence-corrected chi connectivity index (χ1v) is 5.48. The van der Waals surface area contributed by atoms with Crippen LogP contribution < -0.4 is 4.74 Å². The highest BCUT2D eigenvalue weighted by atomic mass is 79.9. The Morgan fingerprint density at radius 3 is 2.93 bits per heavy atom. The van der Waals surface area contributed by atoms with Crippen LogP contribution in [0.5, 0.6) is 5.88 Å². The Kier molecular flexibility index (Phi) is 3.03. The molecule has 0 unspecified atom stereocenters. The van der Waals surface area contributed by atoms with Gasteiger partial charge in [-0.2, -0.15) is 0 Å². The Labute approximate surface area is 91.2 Å². The van der Waals surface area contributed by atoms with E-state index in [4.69, 9.17) is 9.84 Å². The standard InChI is InChI=1S/C10H12BrNO2/c11-9-4-3-8(5-13)12-10(9)14-6-7-1-2-7/h3-4,7,13H,1-2,5-6H2. The number of aromatic nitrogens is 1. The molecule has 1 N–H and O–H groups in total. The maximum absolute atomic E-state index is 8.91. The lowest BCUT2D eigenvalue weighted by Crippen LogP contribution is -2.02. The van der Waals surface area contributed by atoms with E-state index in [0.717, 1.165) is 11.1 Å². The Hall–Kier alpha value is -0.610. The van der Waals surface area contributed by atoms with Crippen LogP contribution in [0, 0.1) is 5.92 Å².